The van der Waals surface area contributed by atoms with E-state index in [1.54, 1.807) is 18.2 Å². The minimum Gasteiger partial charge on any atom is -0.493 e. The average Bonchev–Trinajstić information content (AvgIpc) is 2.60. The molecule has 0 saturated heterocycles. The summed E-state index contributed by atoms with van der Waals surface area (Å²) in [6.45, 7) is -0.0608. The predicted octanol–water partition coefficient (Wildman–Crippen LogP) is -0.420. The number of nitrogens with zero attached hydrogens (tertiary/aromatic N) is 2. The van der Waals surface area contributed by atoms with Crippen molar-refractivity contribution in [3.8, 4) is 11.5 Å². The maximum atomic E-state index is 12.4. The van der Waals surface area contributed by atoms with Gasteiger partial charge < -0.3 is 14.0 Å². The zero-order valence-electron chi connectivity index (χ0n) is 14.3. The Kier molecular flexibility index (Phi) is 5.33. The van der Waals surface area contributed by atoms with Gasteiger partial charge in [0.2, 0.25) is 10.0 Å². The first-order chi connectivity index (χ1) is 11.7. The van der Waals surface area contributed by atoms with Gasteiger partial charge in [0.1, 0.15) is 0 Å². The Labute approximate surface area is 144 Å². The predicted molar refractivity (Wildman–Crippen MR) is 90.5 cm³/mol. The fourth-order valence-corrected chi connectivity index (χ4v) is 3.38. The second kappa shape index (κ2) is 7.11. The normalized spacial score (nSPS) is 11.4. The second-order valence-electron chi connectivity index (χ2n) is 5.26. The molecule has 136 valence electrons. The molecule has 0 saturated carbocycles. The van der Waals surface area contributed by atoms with Crippen molar-refractivity contribution < 1.29 is 17.9 Å². The molecule has 2 aromatic rings. The smallest absolute Gasteiger partial charge is 0.330 e. The number of nitrogens with one attached hydrogen (secondary N) is 1. The molecule has 0 aliphatic carbocycles. The van der Waals surface area contributed by atoms with Crippen LogP contribution in [-0.4, -0.2) is 31.8 Å². The number of ether oxygens (including phenoxy) is 2. The van der Waals surface area contributed by atoms with E-state index in [1.807, 2.05) is 0 Å². The van der Waals surface area contributed by atoms with E-state index in [0.29, 0.717) is 17.1 Å². The number of rotatable bonds is 6. The monoisotopic (exact) mass is 369 g/mol. The van der Waals surface area contributed by atoms with Crippen molar-refractivity contribution in [3.05, 3.63) is 50.8 Å². The van der Waals surface area contributed by atoms with E-state index in [-0.39, 0.29) is 6.54 Å². The third kappa shape index (κ3) is 3.74. The number of sulfonamides is 1. The van der Waals surface area contributed by atoms with E-state index in [4.69, 9.17) is 9.47 Å². The summed E-state index contributed by atoms with van der Waals surface area (Å²) >= 11 is 0. The second-order valence-corrected chi connectivity index (χ2v) is 7.00. The molecule has 0 atom stereocenters. The Morgan fingerprint density at radius 1 is 1.08 bits per heavy atom. The lowest BCUT2D eigenvalue weighted by Crippen LogP contribution is -2.41. The Balaban J connectivity index is 2.32. The van der Waals surface area contributed by atoms with Crippen LogP contribution in [0.5, 0.6) is 11.5 Å². The van der Waals surface area contributed by atoms with Gasteiger partial charge in [0.15, 0.2) is 16.4 Å². The van der Waals surface area contributed by atoms with Gasteiger partial charge in [0, 0.05) is 26.8 Å². The van der Waals surface area contributed by atoms with Gasteiger partial charge in [-0.2, -0.15) is 0 Å². The van der Waals surface area contributed by atoms with Gasteiger partial charge in [-0.25, -0.2) is 17.9 Å². The van der Waals surface area contributed by atoms with Gasteiger partial charge in [0.25, 0.3) is 5.56 Å². The summed E-state index contributed by atoms with van der Waals surface area (Å²) in [7, 11) is 1.46. The van der Waals surface area contributed by atoms with Crippen LogP contribution in [0, 0.1) is 0 Å². The van der Waals surface area contributed by atoms with Gasteiger partial charge in [0.05, 0.1) is 14.2 Å². The third-order valence-electron chi connectivity index (χ3n) is 3.62. The molecule has 0 spiro atoms. The Hall–Kier alpha value is -2.59. The summed E-state index contributed by atoms with van der Waals surface area (Å²) in [5.74, 6) is 0.971. The van der Waals surface area contributed by atoms with Crippen LogP contribution in [0.25, 0.3) is 0 Å². The highest BCUT2D eigenvalue weighted by Gasteiger charge is 2.21. The molecule has 0 aliphatic heterocycles. The molecule has 0 bridgehead atoms. The van der Waals surface area contributed by atoms with E-state index >= 15 is 0 Å². The fraction of sp³-hybridized carbons (Fsp3) is 0.333. The molecule has 25 heavy (non-hydrogen) atoms. The van der Waals surface area contributed by atoms with Crippen molar-refractivity contribution in [1.82, 2.24) is 13.9 Å². The zero-order valence-corrected chi connectivity index (χ0v) is 15.1. The molecule has 0 fully saturated rings. The first kappa shape index (κ1) is 18.7. The Bertz CT molecular complexity index is 1010. The average molecular weight is 369 g/mol. The highest BCUT2D eigenvalue weighted by molar-refractivity contribution is 7.89. The summed E-state index contributed by atoms with van der Waals surface area (Å²) in [5, 5.41) is 0. The number of hydrogen-bond acceptors (Lipinski definition) is 6. The van der Waals surface area contributed by atoms with E-state index in [0.717, 1.165) is 15.3 Å². The Morgan fingerprint density at radius 2 is 1.72 bits per heavy atom. The number of benzene rings is 1. The first-order valence-electron chi connectivity index (χ1n) is 7.18. The quantitative estimate of drug-likeness (QED) is 0.741. The zero-order chi connectivity index (χ0) is 18.8. The van der Waals surface area contributed by atoms with Gasteiger partial charge in [-0.15, -0.1) is 0 Å². The van der Waals surface area contributed by atoms with Crippen LogP contribution in [0.4, 0.5) is 0 Å². The van der Waals surface area contributed by atoms with Crippen molar-refractivity contribution >= 4 is 10.0 Å². The Morgan fingerprint density at radius 3 is 2.32 bits per heavy atom. The van der Waals surface area contributed by atoms with Crippen molar-refractivity contribution in [2.24, 2.45) is 14.1 Å². The molecular weight excluding hydrogens is 350 g/mol. The molecule has 1 N–H and O–H groups in total. The van der Waals surface area contributed by atoms with Gasteiger partial charge >= 0.3 is 5.69 Å². The highest BCUT2D eigenvalue weighted by Crippen LogP contribution is 2.27. The minimum absolute atomic E-state index is 0.0608. The minimum atomic E-state index is -4.10. The van der Waals surface area contributed by atoms with Crippen LogP contribution in [0.3, 0.4) is 0 Å². The van der Waals surface area contributed by atoms with Crippen molar-refractivity contribution in [3.63, 3.8) is 0 Å². The van der Waals surface area contributed by atoms with E-state index < -0.39 is 26.2 Å². The number of aromatic nitrogens is 2. The molecule has 2 rings (SSSR count). The van der Waals surface area contributed by atoms with Crippen LogP contribution >= 0.6 is 0 Å². The lowest BCUT2D eigenvalue weighted by atomic mass is 10.2. The van der Waals surface area contributed by atoms with E-state index in [9.17, 15) is 18.0 Å². The SMILES string of the molecule is COc1ccc(CNS(=O)(=O)c2cn(C)c(=O)n(C)c2=O)cc1OC. The maximum Gasteiger partial charge on any atom is 0.330 e. The largest absolute Gasteiger partial charge is 0.493 e. The van der Waals surface area contributed by atoms with E-state index in [1.165, 1.54) is 28.3 Å². The van der Waals surface area contributed by atoms with Crippen LogP contribution in [0.1, 0.15) is 5.56 Å². The summed E-state index contributed by atoms with van der Waals surface area (Å²) in [6.07, 6.45) is 1.00. The van der Waals surface area contributed by atoms with Crippen molar-refractivity contribution in [2.75, 3.05) is 14.2 Å². The molecule has 0 aliphatic rings. The summed E-state index contributed by atoms with van der Waals surface area (Å²) in [5.41, 5.74) is -0.880. The third-order valence-corrected chi connectivity index (χ3v) is 5.00. The van der Waals surface area contributed by atoms with Crippen molar-refractivity contribution in [2.45, 2.75) is 11.4 Å². The van der Waals surface area contributed by atoms with Gasteiger partial charge in [-0.05, 0) is 17.7 Å². The molecule has 0 unspecified atom stereocenters. The number of methoxy groups -OCH3 is 2. The molecule has 10 heteroatoms. The van der Waals surface area contributed by atoms with Gasteiger partial charge in [-0.3, -0.25) is 9.36 Å². The van der Waals surface area contributed by atoms with Gasteiger partial charge in [-0.1, -0.05) is 6.07 Å². The molecule has 1 aromatic carbocycles. The summed E-state index contributed by atoms with van der Waals surface area (Å²) in [6, 6.07) is 4.94. The number of aryl methyl sites for hydroxylation is 1. The maximum absolute atomic E-state index is 12.4. The number of hydrogen-bond donors (Lipinski definition) is 1. The van der Waals surface area contributed by atoms with E-state index in [2.05, 4.69) is 4.72 Å². The molecular formula is C15H19N3O6S. The standard InChI is InChI=1S/C15H19N3O6S/c1-17-9-13(14(19)18(2)15(17)20)25(21,22)16-8-10-5-6-11(23-3)12(7-10)24-4/h5-7,9,16H,8H2,1-4H3. The molecule has 0 radical (unpaired) electrons. The topological polar surface area (TPSA) is 109 Å². The van der Waals surface area contributed by atoms with Crippen LogP contribution < -0.4 is 25.4 Å². The summed E-state index contributed by atoms with van der Waals surface area (Å²) < 4.78 is 39.2. The fourth-order valence-electron chi connectivity index (χ4n) is 2.21. The molecule has 1 aromatic heterocycles. The lowest BCUT2D eigenvalue weighted by Gasteiger charge is -2.11. The van der Waals surface area contributed by atoms with Crippen molar-refractivity contribution in [1.29, 1.82) is 0 Å². The van der Waals surface area contributed by atoms with Crippen LogP contribution in [-0.2, 0) is 30.7 Å². The molecule has 9 nitrogen and oxygen atoms in total. The summed E-state index contributed by atoms with van der Waals surface area (Å²) in [4.78, 5) is 23.2. The highest BCUT2D eigenvalue weighted by atomic mass is 32.2. The molecule has 0 amide bonds. The first-order valence-corrected chi connectivity index (χ1v) is 8.67. The lowest BCUT2D eigenvalue weighted by molar-refractivity contribution is 0.354. The molecule has 1 heterocycles. The van der Waals surface area contributed by atoms with Crippen LogP contribution in [0.15, 0.2) is 38.9 Å². The van der Waals surface area contributed by atoms with Crippen LogP contribution in [0.2, 0.25) is 0 Å².